The molecule has 164 valence electrons. The molecule has 0 fully saturated rings. The SMILES string of the molecule is Brc1cc2cc(Br)c(OCCNc3ccccc3)cc2cc1OCCNc1ccccc1. The fourth-order valence-electron chi connectivity index (χ4n) is 3.30. The van der Waals surface area contributed by atoms with E-state index in [1.54, 1.807) is 0 Å². The lowest BCUT2D eigenvalue weighted by Gasteiger charge is -2.14. The van der Waals surface area contributed by atoms with E-state index in [2.05, 4.69) is 54.6 Å². The summed E-state index contributed by atoms with van der Waals surface area (Å²) in [6.07, 6.45) is 0. The molecule has 0 aliphatic carbocycles. The molecule has 4 aromatic carbocycles. The van der Waals surface area contributed by atoms with E-state index >= 15 is 0 Å². The molecule has 0 spiro atoms. The predicted octanol–water partition coefficient (Wildman–Crippen LogP) is 7.35. The fourth-order valence-corrected chi connectivity index (χ4v) is 4.25. The lowest BCUT2D eigenvalue weighted by atomic mass is 10.1. The molecule has 0 saturated carbocycles. The molecule has 32 heavy (non-hydrogen) atoms. The van der Waals surface area contributed by atoms with E-state index in [4.69, 9.17) is 9.47 Å². The van der Waals surface area contributed by atoms with E-state index in [0.29, 0.717) is 13.2 Å². The molecule has 4 aromatic rings. The summed E-state index contributed by atoms with van der Waals surface area (Å²) < 4.78 is 13.9. The van der Waals surface area contributed by atoms with Crippen molar-refractivity contribution in [2.75, 3.05) is 36.9 Å². The molecule has 0 unspecified atom stereocenters. The third kappa shape index (κ3) is 6.17. The van der Waals surface area contributed by atoms with Crippen molar-refractivity contribution in [3.63, 3.8) is 0 Å². The maximum atomic E-state index is 6.01. The molecular weight excluding hydrogens is 532 g/mol. The molecule has 4 rings (SSSR count). The zero-order valence-corrected chi connectivity index (χ0v) is 20.7. The van der Waals surface area contributed by atoms with E-state index in [9.17, 15) is 0 Å². The third-order valence-electron chi connectivity index (χ3n) is 4.87. The third-order valence-corrected chi connectivity index (χ3v) is 6.11. The van der Waals surface area contributed by atoms with Crippen LogP contribution in [0.15, 0.2) is 93.9 Å². The van der Waals surface area contributed by atoms with Gasteiger partial charge in [0.25, 0.3) is 0 Å². The van der Waals surface area contributed by atoms with Crippen molar-refractivity contribution in [3.8, 4) is 11.5 Å². The molecule has 0 aromatic heterocycles. The minimum absolute atomic E-state index is 0.560. The maximum Gasteiger partial charge on any atom is 0.134 e. The summed E-state index contributed by atoms with van der Waals surface area (Å²) in [6, 6.07) is 28.5. The van der Waals surface area contributed by atoms with E-state index < -0.39 is 0 Å². The number of halogens is 2. The number of anilines is 2. The number of para-hydroxylation sites is 2. The zero-order valence-electron chi connectivity index (χ0n) is 17.5. The van der Waals surface area contributed by atoms with Gasteiger partial charge in [0.05, 0.1) is 8.95 Å². The fraction of sp³-hybridized carbons (Fsp3) is 0.154. The Morgan fingerprint density at radius 3 is 1.41 bits per heavy atom. The second-order valence-corrected chi connectivity index (χ2v) is 8.90. The first-order valence-electron chi connectivity index (χ1n) is 10.5. The molecule has 0 bridgehead atoms. The van der Waals surface area contributed by atoms with Gasteiger partial charge in [-0.2, -0.15) is 0 Å². The highest BCUT2D eigenvalue weighted by Crippen LogP contribution is 2.36. The number of hydrogen-bond donors (Lipinski definition) is 2. The molecule has 0 saturated heterocycles. The summed E-state index contributed by atoms with van der Waals surface area (Å²) in [5.74, 6) is 1.62. The van der Waals surface area contributed by atoms with Gasteiger partial charge in [0.2, 0.25) is 0 Å². The van der Waals surface area contributed by atoms with Crippen LogP contribution in [-0.2, 0) is 0 Å². The Kier molecular flexibility index (Phi) is 7.91. The van der Waals surface area contributed by atoms with Gasteiger partial charge in [0.1, 0.15) is 24.7 Å². The van der Waals surface area contributed by atoms with E-state index in [1.807, 2.05) is 72.8 Å². The maximum absolute atomic E-state index is 6.01. The molecule has 0 aliphatic heterocycles. The Balaban J connectivity index is 1.36. The second kappa shape index (κ2) is 11.2. The molecule has 4 nitrogen and oxygen atoms in total. The number of hydrogen-bond acceptors (Lipinski definition) is 4. The lowest BCUT2D eigenvalue weighted by molar-refractivity contribution is 0.330. The van der Waals surface area contributed by atoms with Gasteiger partial charge in [-0.1, -0.05) is 36.4 Å². The van der Waals surface area contributed by atoms with Crippen LogP contribution in [0.25, 0.3) is 10.8 Å². The summed E-state index contributed by atoms with van der Waals surface area (Å²) in [4.78, 5) is 0. The molecule has 2 N–H and O–H groups in total. The normalized spacial score (nSPS) is 10.7. The first-order valence-corrected chi connectivity index (χ1v) is 12.0. The molecule has 0 heterocycles. The summed E-state index contributed by atoms with van der Waals surface area (Å²) in [5, 5.41) is 8.88. The Morgan fingerprint density at radius 2 is 0.969 bits per heavy atom. The van der Waals surface area contributed by atoms with Gasteiger partial charge in [0, 0.05) is 24.5 Å². The van der Waals surface area contributed by atoms with E-state index in [1.165, 1.54) is 0 Å². The second-order valence-electron chi connectivity index (χ2n) is 7.19. The van der Waals surface area contributed by atoms with Crippen molar-refractivity contribution in [3.05, 3.63) is 93.9 Å². The van der Waals surface area contributed by atoms with Crippen molar-refractivity contribution in [2.45, 2.75) is 0 Å². The van der Waals surface area contributed by atoms with Crippen LogP contribution in [0.3, 0.4) is 0 Å². The molecule has 0 aliphatic rings. The van der Waals surface area contributed by atoms with Gasteiger partial charge >= 0.3 is 0 Å². The van der Waals surface area contributed by atoms with Crippen LogP contribution in [0.4, 0.5) is 11.4 Å². The molecule has 0 atom stereocenters. The standard InChI is InChI=1S/C26H24Br2N2O2/c27-23-15-19-16-24(28)26(32-14-12-30-22-9-5-2-6-10-22)18-20(19)17-25(23)31-13-11-29-21-7-3-1-4-8-21/h1-10,15-18,29-30H,11-14H2. The zero-order chi connectivity index (χ0) is 22.2. The largest absolute Gasteiger partial charge is 0.491 e. The number of ether oxygens (including phenoxy) is 2. The monoisotopic (exact) mass is 554 g/mol. The molecular formula is C26H24Br2N2O2. The molecule has 6 heteroatoms. The highest BCUT2D eigenvalue weighted by Gasteiger charge is 2.09. The van der Waals surface area contributed by atoms with Gasteiger partial charge in [-0.05, 0) is 91.2 Å². The number of nitrogens with one attached hydrogen (secondary N) is 2. The van der Waals surface area contributed by atoms with Crippen molar-refractivity contribution < 1.29 is 9.47 Å². The number of fused-ring (bicyclic) bond motifs is 1. The smallest absolute Gasteiger partial charge is 0.134 e. The quantitative estimate of drug-likeness (QED) is 0.201. The van der Waals surface area contributed by atoms with Gasteiger partial charge in [0.15, 0.2) is 0 Å². The Labute approximate surface area is 205 Å². The first kappa shape index (κ1) is 22.5. The van der Waals surface area contributed by atoms with Gasteiger partial charge in [-0.3, -0.25) is 0 Å². The predicted molar refractivity (Wildman–Crippen MR) is 140 cm³/mol. The lowest BCUT2D eigenvalue weighted by Crippen LogP contribution is -2.12. The van der Waals surface area contributed by atoms with Gasteiger partial charge < -0.3 is 20.1 Å². The number of benzene rings is 4. The summed E-state index contributed by atoms with van der Waals surface area (Å²) in [6.45, 7) is 2.56. The van der Waals surface area contributed by atoms with Crippen molar-refractivity contribution >= 4 is 54.0 Å². The van der Waals surface area contributed by atoms with Crippen molar-refractivity contribution in [1.29, 1.82) is 0 Å². The van der Waals surface area contributed by atoms with Gasteiger partial charge in [-0.15, -0.1) is 0 Å². The minimum Gasteiger partial charge on any atom is -0.491 e. The molecule has 0 radical (unpaired) electrons. The van der Waals surface area contributed by atoms with Crippen LogP contribution >= 0.6 is 31.9 Å². The number of rotatable bonds is 10. The Bertz CT molecular complexity index is 1070. The topological polar surface area (TPSA) is 42.5 Å². The van der Waals surface area contributed by atoms with Gasteiger partial charge in [-0.25, -0.2) is 0 Å². The molecule has 0 amide bonds. The van der Waals surface area contributed by atoms with Crippen LogP contribution < -0.4 is 20.1 Å². The van der Waals surface area contributed by atoms with E-state index in [0.717, 1.165) is 55.7 Å². The van der Waals surface area contributed by atoms with Crippen LogP contribution in [0.5, 0.6) is 11.5 Å². The summed E-state index contributed by atoms with van der Waals surface area (Å²) >= 11 is 7.26. The highest BCUT2D eigenvalue weighted by molar-refractivity contribution is 9.11. The average molecular weight is 556 g/mol. The summed E-state index contributed by atoms with van der Waals surface area (Å²) in [7, 11) is 0. The summed E-state index contributed by atoms with van der Waals surface area (Å²) in [5.41, 5.74) is 2.17. The Hall–Kier alpha value is -2.70. The highest BCUT2D eigenvalue weighted by atomic mass is 79.9. The van der Waals surface area contributed by atoms with Crippen molar-refractivity contribution in [1.82, 2.24) is 0 Å². The van der Waals surface area contributed by atoms with E-state index in [-0.39, 0.29) is 0 Å². The van der Waals surface area contributed by atoms with Crippen LogP contribution in [0.2, 0.25) is 0 Å². The Morgan fingerprint density at radius 1 is 0.562 bits per heavy atom. The van der Waals surface area contributed by atoms with Crippen LogP contribution in [0.1, 0.15) is 0 Å². The van der Waals surface area contributed by atoms with Crippen molar-refractivity contribution in [2.24, 2.45) is 0 Å². The van der Waals surface area contributed by atoms with Crippen LogP contribution in [0, 0.1) is 0 Å². The first-order chi connectivity index (χ1) is 15.7. The minimum atomic E-state index is 0.560. The van der Waals surface area contributed by atoms with Crippen LogP contribution in [-0.4, -0.2) is 26.3 Å². The average Bonchev–Trinajstić information content (AvgIpc) is 2.82.